The smallest absolute Gasteiger partial charge is 0.408 e. The fourth-order valence-electron chi connectivity index (χ4n) is 2.14. The highest BCUT2D eigenvalue weighted by molar-refractivity contribution is 6.04. The van der Waals surface area contributed by atoms with E-state index in [4.69, 9.17) is 4.74 Å². The summed E-state index contributed by atoms with van der Waals surface area (Å²) in [5.74, 6) is -0.655. The molecular formula is C20H23N3O4. The molecule has 142 valence electrons. The van der Waals surface area contributed by atoms with Crippen molar-refractivity contribution in [1.82, 2.24) is 5.32 Å². The van der Waals surface area contributed by atoms with Gasteiger partial charge in [0.05, 0.1) is 0 Å². The average molecular weight is 369 g/mol. The molecule has 0 heterocycles. The topological polar surface area (TPSA) is 96.5 Å². The van der Waals surface area contributed by atoms with E-state index in [2.05, 4.69) is 16.0 Å². The normalized spacial score (nSPS) is 10.6. The number of benzene rings is 2. The summed E-state index contributed by atoms with van der Waals surface area (Å²) in [6.07, 6.45) is -0.665. The summed E-state index contributed by atoms with van der Waals surface area (Å²) in [5.41, 5.74) is 0.943. The average Bonchev–Trinajstić information content (AvgIpc) is 2.59. The van der Waals surface area contributed by atoms with Crippen molar-refractivity contribution in [3.8, 4) is 0 Å². The summed E-state index contributed by atoms with van der Waals surface area (Å²) >= 11 is 0. The van der Waals surface area contributed by atoms with Crippen LogP contribution in [-0.4, -0.2) is 30.1 Å². The predicted molar refractivity (Wildman–Crippen MR) is 104 cm³/mol. The van der Waals surface area contributed by atoms with Crippen LogP contribution < -0.4 is 16.0 Å². The van der Waals surface area contributed by atoms with Crippen molar-refractivity contribution < 1.29 is 19.1 Å². The molecule has 2 aromatic carbocycles. The zero-order chi connectivity index (χ0) is 19.9. The van der Waals surface area contributed by atoms with Gasteiger partial charge in [0.25, 0.3) is 5.91 Å². The lowest BCUT2D eigenvalue weighted by molar-refractivity contribution is -0.115. The fraction of sp³-hybridized carbons (Fsp3) is 0.250. The molecule has 7 heteroatoms. The highest BCUT2D eigenvalue weighted by Gasteiger charge is 2.16. The van der Waals surface area contributed by atoms with Gasteiger partial charge in [-0.3, -0.25) is 9.59 Å². The van der Waals surface area contributed by atoms with E-state index in [-0.39, 0.29) is 12.5 Å². The number of anilines is 2. The standard InChI is InChI=1S/C20H23N3O4/c1-20(2,3)27-19(26)21-13-17(24)22-15-10-7-11-16(12-15)23-18(25)14-8-5-4-6-9-14/h4-12H,13H2,1-3H3,(H,21,26)(H,22,24)(H,23,25). The second-order valence-corrected chi connectivity index (χ2v) is 6.80. The molecule has 0 atom stereocenters. The van der Waals surface area contributed by atoms with Crippen molar-refractivity contribution >= 4 is 29.3 Å². The molecule has 0 bridgehead atoms. The van der Waals surface area contributed by atoms with Gasteiger partial charge in [0.1, 0.15) is 12.1 Å². The van der Waals surface area contributed by atoms with Gasteiger partial charge in [-0.2, -0.15) is 0 Å². The van der Waals surface area contributed by atoms with E-state index in [9.17, 15) is 14.4 Å². The Hall–Kier alpha value is -3.35. The van der Waals surface area contributed by atoms with Gasteiger partial charge in [0.2, 0.25) is 5.91 Å². The number of hydrogen-bond donors (Lipinski definition) is 3. The third-order valence-electron chi connectivity index (χ3n) is 3.23. The number of ether oxygens (including phenoxy) is 1. The van der Waals surface area contributed by atoms with Crippen LogP contribution in [0.15, 0.2) is 54.6 Å². The molecule has 0 spiro atoms. The molecule has 7 nitrogen and oxygen atoms in total. The molecule has 0 radical (unpaired) electrons. The first-order valence-electron chi connectivity index (χ1n) is 8.46. The minimum atomic E-state index is -0.665. The summed E-state index contributed by atoms with van der Waals surface area (Å²) in [7, 11) is 0. The van der Waals surface area contributed by atoms with Crippen LogP contribution in [0, 0.1) is 0 Å². The Bertz CT molecular complexity index is 813. The van der Waals surface area contributed by atoms with Gasteiger partial charge in [-0.1, -0.05) is 24.3 Å². The van der Waals surface area contributed by atoms with Crippen molar-refractivity contribution in [3.63, 3.8) is 0 Å². The van der Waals surface area contributed by atoms with E-state index in [1.807, 2.05) is 6.07 Å². The number of alkyl carbamates (subject to hydrolysis) is 1. The van der Waals surface area contributed by atoms with Crippen LogP contribution in [0.5, 0.6) is 0 Å². The van der Waals surface area contributed by atoms with Gasteiger partial charge in [-0.15, -0.1) is 0 Å². The molecular weight excluding hydrogens is 346 g/mol. The van der Waals surface area contributed by atoms with E-state index in [1.54, 1.807) is 69.3 Å². The quantitative estimate of drug-likeness (QED) is 0.752. The molecule has 0 aliphatic carbocycles. The molecule has 27 heavy (non-hydrogen) atoms. The maximum atomic E-state index is 12.2. The highest BCUT2D eigenvalue weighted by Crippen LogP contribution is 2.16. The Morgan fingerprint density at radius 1 is 0.889 bits per heavy atom. The number of carbonyl (C=O) groups excluding carboxylic acids is 3. The Morgan fingerprint density at radius 3 is 2.15 bits per heavy atom. The Morgan fingerprint density at radius 2 is 1.52 bits per heavy atom. The van der Waals surface area contributed by atoms with Gasteiger partial charge in [-0.05, 0) is 51.1 Å². The summed E-state index contributed by atoms with van der Waals surface area (Å²) in [6, 6.07) is 15.6. The van der Waals surface area contributed by atoms with Crippen LogP contribution >= 0.6 is 0 Å². The first kappa shape index (κ1) is 20.0. The lowest BCUT2D eigenvalue weighted by atomic mass is 10.2. The van der Waals surface area contributed by atoms with Gasteiger partial charge >= 0.3 is 6.09 Å². The third-order valence-corrected chi connectivity index (χ3v) is 3.23. The van der Waals surface area contributed by atoms with E-state index < -0.39 is 17.6 Å². The molecule has 0 saturated heterocycles. The second-order valence-electron chi connectivity index (χ2n) is 6.80. The largest absolute Gasteiger partial charge is 0.444 e. The van der Waals surface area contributed by atoms with Crippen LogP contribution in [0.1, 0.15) is 31.1 Å². The van der Waals surface area contributed by atoms with Crippen LogP contribution in [0.25, 0.3) is 0 Å². The number of nitrogens with one attached hydrogen (secondary N) is 3. The minimum Gasteiger partial charge on any atom is -0.444 e. The molecule has 0 saturated carbocycles. The van der Waals surface area contributed by atoms with E-state index in [0.717, 1.165) is 0 Å². The number of hydrogen-bond acceptors (Lipinski definition) is 4. The Kier molecular flexibility index (Phi) is 6.54. The molecule has 2 aromatic rings. The van der Waals surface area contributed by atoms with E-state index in [1.165, 1.54) is 0 Å². The van der Waals surface area contributed by atoms with Crippen LogP contribution in [-0.2, 0) is 9.53 Å². The molecule has 0 aromatic heterocycles. The summed E-state index contributed by atoms with van der Waals surface area (Å²) < 4.78 is 5.07. The maximum Gasteiger partial charge on any atom is 0.408 e. The fourth-order valence-corrected chi connectivity index (χ4v) is 2.14. The lowest BCUT2D eigenvalue weighted by Crippen LogP contribution is -2.37. The van der Waals surface area contributed by atoms with Gasteiger partial charge < -0.3 is 20.7 Å². The molecule has 0 aliphatic heterocycles. The van der Waals surface area contributed by atoms with Crippen molar-refractivity contribution in [2.24, 2.45) is 0 Å². The number of rotatable bonds is 5. The van der Waals surface area contributed by atoms with E-state index >= 15 is 0 Å². The lowest BCUT2D eigenvalue weighted by Gasteiger charge is -2.19. The van der Waals surface area contributed by atoms with Crippen molar-refractivity contribution in [2.75, 3.05) is 17.2 Å². The zero-order valence-electron chi connectivity index (χ0n) is 15.5. The number of carbonyl (C=O) groups is 3. The van der Waals surface area contributed by atoms with Crippen molar-refractivity contribution in [3.05, 3.63) is 60.2 Å². The highest BCUT2D eigenvalue weighted by atomic mass is 16.6. The van der Waals surface area contributed by atoms with Gasteiger partial charge in [0.15, 0.2) is 0 Å². The summed E-state index contributed by atoms with van der Waals surface area (Å²) in [6.45, 7) is 4.99. The molecule has 3 amide bonds. The van der Waals surface area contributed by atoms with Crippen LogP contribution in [0.4, 0.5) is 16.2 Å². The van der Waals surface area contributed by atoms with E-state index in [0.29, 0.717) is 16.9 Å². The van der Waals surface area contributed by atoms with Crippen LogP contribution in [0.2, 0.25) is 0 Å². The molecule has 0 unspecified atom stereocenters. The minimum absolute atomic E-state index is 0.227. The molecule has 0 fully saturated rings. The maximum absolute atomic E-state index is 12.2. The third kappa shape index (κ3) is 7.19. The number of amides is 3. The molecule has 3 N–H and O–H groups in total. The van der Waals surface area contributed by atoms with Gasteiger partial charge in [-0.25, -0.2) is 4.79 Å². The zero-order valence-corrected chi connectivity index (χ0v) is 15.5. The second kappa shape index (κ2) is 8.84. The van der Waals surface area contributed by atoms with Crippen LogP contribution in [0.3, 0.4) is 0 Å². The summed E-state index contributed by atoms with van der Waals surface area (Å²) in [4.78, 5) is 35.7. The molecule has 0 aliphatic rings. The SMILES string of the molecule is CC(C)(C)OC(=O)NCC(=O)Nc1cccc(NC(=O)c2ccccc2)c1. The Balaban J connectivity index is 1.88. The first-order chi connectivity index (χ1) is 12.7. The molecule has 2 rings (SSSR count). The van der Waals surface area contributed by atoms with Crippen molar-refractivity contribution in [1.29, 1.82) is 0 Å². The first-order valence-corrected chi connectivity index (χ1v) is 8.46. The van der Waals surface area contributed by atoms with Gasteiger partial charge in [0, 0.05) is 16.9 Å². The Labute approximate surface area is 158 Å². The predicted octanol–water partition coefficient (Wildman–Crippen LogP) is 3.40. The van der Waals surface area contributed by atoms with Crippen molar-refractivity contribution in [2.45, 2.75) is 26.4 Å². The monoisotopic (exact) mass is 369 g/mol. The summed E-state index contributed by atoms with van der Waals surface area (Å²) in [5, 5.41) is 7.81.